The molecule has 1 aromatic carbocycles. The van der Waals surface area contributed by atoms with Crippen molar-refractivity contribution in [3.8, 4) is 0 Å². The van der Waals surface area contributed by atoms with Gasteiger partial charge in [-0.05, 0) is 19.1 Å². The molecular formula is C23H29NO10S. The largest absolute Gasteiger partial charge is 0.467 e. The summed E-state index contributed by atoms with van der Waals surface area (Å²) in [5.41, 5.74) is -0.572. The van der Waals surface area contributed by atoms with Crippen LogP contribution in [0, 0.1) is 0 Å². The zero-order valence-electron chi connectivity index (χ0n) is 20.0. The SMILES string of the molecule is COC(=O)[C@H](CS[C@@H]1O[C@@H](C)[C@H](OC(C)=O)[C@@H](OC(C)=O)[C@@H]1OC(C)=O)NC(=O)c1ccccc1. The lowest BCUT2D eigenvalue weighted by molar-refractivity contribution is -0.229. The summed E-state index contributed by atoms with van der Waals surface area (Å²) in [6.45, 7) is 5.14. The number of benzene rings is 1. The second kappa shape index (κ2) is 13.1. The predicted octanol–water partition coefficient (Wildman–Crippen LogP) is 1.23. The van der Waals surface area contributed by atoms with Crippen LogP contribution in [0.25, 0.3) is 0 Å². The van der Waals surface area contributed by atoms with E-state index < -0.39 is 65.7 Å². The molecule has 192 valence electrons. The van der Waals surface area contributed by atoms with E-state index in [1.807, 2.05) is 0 Å². The van der Waals surface area contributed by atoms with E-state index in [1.54, 1.807) is 37.3 Å². The zero-order valence-corrected chi connectivity index (χ0v) is 20.9. The number of amides is 1. The summed E-state index contributed by atoms with van der Waals surface area (Å²) >= 11 is 1.05. The number of hydrogen-bond donors (Lipinski definition) is 1. The molecule has 0 unspecified atom stereocenters. The lowest BCUT2D eigenvalue weighted by Crippen LogP contribution is -2.60. The van der Waals surface area contributed by atoms with Crippen molar-refractivity contribution in [3.05, 3.63) is 35.9 Å². The maximum Gasteiger partial charge on any atom is 0.329 e. The number of esters is 4. The average molecular weight is 512 g/mol. The van der Waals surface area contributed by atoms with Gasteiger partial charge in [0.15, 0.2) is 18.3 Å². The highest BCUT2D eigenvalue weighted by Crippen LogP contribution is 2.34. The van der Waals surface area contributed by atoms with E-state index in [-0.39, 0.29) is 5.75 Å². The minimum atomic E-state index is -1.16. The molecule has 11 nitrogen and oxygen atoms in total. The molecule has 1 saturated heterocycles. The molecule has 0 radical (unpaired) electrons. The first-order valence-corrected chi connectivity index (χ1v) is 11.8. The molecule has 0 aliphatic carbocycles. The topological polar surface area (TPSA) is 144 Å². The number of rotatable bonds is 9. The molecule has 35 heavy (non-hydrogen) atoms. The van der Waals surface area contributed by atoms with Crippen LogP contribution in [-0.2, 0) is 42.9 Å². The van der Waals surface area contributed by atoms with E-state index in [0.29, 0.717) is 5.56 Å². The van der Waals surface area contributed by atoms with Crippen molar-refractivity contribution in [2.75, 3.05) is 12.9 Å². The van der Waals surface area contributed by atoms with Crippen LogP contribution in [0.5, 0.6) is 0 Å². The van der Waals surface area contributed by atoms with Gasteiger partial charge in [0.1, 0.15) is 11.5 Å². The Morgan fingerprint density at radius 1 is 0.914 bits per heavy atom. The number of methoxy groups -OCH3 is 1. The molecule has 1 N–H and O–H groups in total. The molecule has 0 aromatic heterocycles. The number of nitrogens with one attached hydrogen (secondary N) is 1. The van der Waals surface area contributed by atoms with Crippen molar-refractivity contribution < 1.29 is 47.7 Å². The van der Waals surface area contributed by atoms with Crippen LogP contribution in [0.3, 0.4) is 0 Å². The van der Waals surface area contributed by atoms with Crippen molar-refractivity contribution >= 4 is 41.5 Å². The van der Waals surface area contributed by atoms with Gasteiger partial charge in [-0.1, -0.05) is 18.2 Å². The van der Waals surface area contributed by atoms with Crippen LogP contribution in [0.4, 0.5) is 0 Å². The van der Waals surface area contributed by atoms with Crippen LogP contribution >= 0.6 is 11.8 Å². The Hall–Kier alpha value is -3.12. The summed E-state index contributed by atoms with van der Waals surface area (Å²) < 4.78 is 26.8. The van der Waals surface area contributed by atoms with Crippen molar-refractivity contribution in [1.82, 2.24) is 5.32 Å². The molecule has 0 saturated carbocycles. The Balaban J connectivity index is 2.24. The third kappa shape index (κ3) is 8.25. The van der Waals surface area contributed by atoms with Gasteiger partial charge in [0.2, 0.25) is 0 Å². The van der Waals surface area contributed by atoms with E-state index in [2.05, 4.69) is 5.32 Å². The highest BCUT2D eigenvalue weighted by molar-refractivity contribution is 7.99. The Morgan fingerprint density at radius 3 is 2.00 bits per heavy atom. The second-order valence-electron chi connectivity index (χ2n) is 7.68. The Labute approximate surface area is 207 Å². The second-order valence-corrected chi connectivity index (χ2v) is 8.81. The summed E-state index contributed by atoms with van der Waals surface area (Å²) in [6.07, 6.45) is -4.10. The van der Waals surface area contributed by atoms with Crippen LogP contribution < -0.4 is 5.32 Å². The normalized spacial score (nSPS) is 24.4. The van der Waals surface area contributed by atoms with Crippen molar-refractivity contribution in [2.45, 2.75) is 63.6 Å². The maximum absolute atomic E-state index is 12.6. The van der Waals surface area contributed by atoms with Crippen molar-refractivity contribution in [1.29, 1.82) is 0 Å². The third-order valence-electron chi connectivity index (χ3n) is 4.89. The van der Waals surface area contributed by atoms with Crippen LogP contribution in [0.15, 0.2) is 30.3 Å². The molecule has 1 amide bonds. The first-order valence-electron chi connectivity index (χ1n) is 10.8. The number of ether oxygens (including phenoxy) is 5. The highest BCUT2D eigenvalue weighted by Gasteiger charge is 2.50. The standard InChI is InChI=1S/C23H29NO10S/c1-12-18(32-13(2)25)19(33-14(3)26)20(34-15(4)27)23(31-12)35-11-17(22(29)30-5)24-21(28)16-9-7-6-8-10-16/h6-10,12,17-20,23H,11H2,1-5H3,(H,24,28)/t12-,17-,18-,19+,20-,23-/m0/s1. The van der Waals surface area contributed by atoms with Gasteiger partial charge in [0.25, 0.3) is 5.91 Å². The fourth-order valence-corrected chi connectivity index (χ4v) is 4.69. The Morgan fingerprint density at radius 2 is 1.46 bits per heavy atom. The summed E-state index contributed by atoms with van der Waals surface area (Å²) in [7, 11) is 1.19. The van der Waals surface area contributed by atoms with Crippen LogP contribution in [0.1, 0.15) is 38.1 Å². The van der Waals surface area contributed by atoms with Crippen molar-refractivity contribution in [3.63, 3.8) is 0 Å². The molecule has 1 heterocycles. The van der Waals surface area contributed by atoms with Gasteiger partial charge < -0.3 is 29.0 Å². The minimum Gasteiger partial charge on any atom is -0.467 e. The van der Waals surface area contributed by atoms with E-state index in [9.17, 15) is 24.0 Å². The summed E-state index contributed by atoms with van der Waals surface area (Å²) in [4.78, 5) is 60.2. The maximum atomic E-state index is 12.6. The van der Waals surface area contributed by atoms with Crippen LogP contribution in [-0.4, -0.2) is 78.5 Å². The van der Waals surface area contributed by atoms with Gasteiger partial charge in [0.05, 0.1) is 13.2 Å². The average Bonchev–Trinajstić information content (AvgIpc) is 2.80. The molecule has 12 heteroatoms. The van der Waals surface area contributed by atoms with Crippen LogP contribution in [0.2, 0.25) is 0 Å². The lowest BCUT2D eigenvalue weighted by atomic mass is 10.00. The molecule has 1 aromatic rings. The third-order valence-corrected chi connectivity index (χ3v) is 6.12. The Kier molecular flexibility index (Phi) is 10.5. The van der Waals surface area contributed by atoms with E-state index in [0.717, 1.165) is 11.8 Å². The monoisotopic (exact) mass is 511 g/mol. The van der Waals surface area contributed by atoms with Gasteiger partial charge in [-0.2, -0.15) is 0 Å². The fraction of sp³-hybridized carbons (Fsp3) is 0.522. The molecule has 1 fully saturated rings. The minimum absolute atomic E-state index is 0.0224. The lowest BCUT2D eigenvalue weighted by Gasteiger charge is -2.43. The molecule has 2 rings (SSSR count). The summed E-state index contributed by atoms with van der Waals surface area (Å²) in [6, 6.07) is 7.26. The molecular weight excluding hydrogens is 482 g/mol. The first kappa shape index (κ1) is 28.1. The van der Waals surface area contributed by atoms with E-state index in [4.69, 9.17) is 23.7 Å². The molecule has 1 aliphatic rings. The van der Waals surface area contributed by atoms with Gasteiger partial charge in [0, 0.05) is 32.1 Å². The molecule has 0 spiro atoms. The first-order chi connectivity index (χ1) is 16.5. The predicted molar refractivity (Wildman–Crippen MR) is 123 cm³/mol. The number of carbonyl (C=O) groups is 5. The molecule has 6 atom stereocenters. The van der Waals surface area contributed by atoms with E-state index >= 15 is 0 Å². The number of carbonyl (C=O) groups excluding carboxylic acids is 5. The highest BCUT2D eigenvalue weighted by atomic mass is 32.2. The zero-order chi connectivity index (χ0) is 26.1. The van der Waals surface area contributed by atoms with Gasteiger partial charge in [-0.3, -0.25) is 19.2 Å². The molecule has 0 bridgehead atoms. The number of thioether (sulfide) groups is 1. The smallest absolute Gasteiger partial charge is 0.329 e. The van der Waals surface area contributed by atoms with Crippen molar-refractivity contribution in [2.24, 2.45) is 0 Å². The summed E-state index contributed by atoms with van der Waals surface area (Å²) in [5, 5.41) is 2.62. The Bertz CT molecular complexity index is 924. The fourth-order valence-electron chi connectivity index (χ4n) is 3.44. The van der Waals surface area contributed by atoms with Gasteiger partial charge >= 0.3 is 23.9 Å². The van der Waals surface area contributed by atoms with E-state index in [1.165, 1.54) is 27.9 Å². The quantitative estimate of drug-likeness (QED) is 0.378. The van der Waals surface area contributed by atoms with Gasteiger partial charge in [-0.25, -0.2) is 4.79 Å². The van der Waals surface area contributed by atoms with Gasteiger partial charge in [-0.15, -0.1) is 11.8 Å². The molecule has 1 aliphatic heterocycles. The summed E-state index contributed by atoms with van der Waals surface area (Å²) in [5.74, 6) is -3.19. The number of hydrogen-bond acceptors (Lipinski definition) is 11.